The maximum absolute atomic E-state index is 13.4. The van der Waals surface area contributed by atoms with Gasteiger partial charge in [-0.3, -0.25) is 4.79 Å². The van der Waals surface area contributed by atoms with Crippen LogP contribution >= 0.6 is 11.6 Å². The van der Waals surface area contributed by atoms with Gasteiger partial charge < -0.3 is 0 Å². The minimum absolute atomic E-state index is 0.0741. The van der Waals surface area contributed by atoms with E-state index in [4.69, 9.17) is 11.6 Å². The molecule has 0 atom stereocenters. The first kappa shape index (κ1) is 12.6. The van der Waals surface area contributed by atoms with Crippen LogP contribution in [0.25, 0.3) is 0 Å². The monoisotopic (exact) mass is 264 g/mol. The quantitative estimate of drug-likeness (QED) is 0.801. The van der Waals surface area contributed by atoms with E-state index < -0.39 is 5.82 Å². The molecule has 0 amide bonds. The van der Waals surface area contributed by atoms with E-state index in [1.54, 1.807) is 19.2 Å². The van der Waals surface area contributed by atoms with Gasteiger partial charge in [-0.1, -0.05) is 11.6 Å². The summed E-state index contributed by atoms with van der Waals surface area (Å²) in [7, 11) is 0. The first-order chi connectivity index (χ1) is 8.58. The number of aromatic nitrogens is 2. The summed E-state index contributed by atoms with van der Waals surface area (Å²) >= 11 is 5.94. The molecule has 0 N–H and O–H groups in total. The highest BCUT2D eigenvalue weighted by Crippen LogP contribution is 2.21. The van der Waals surface area contributed by atoms with Crippen LogP contribution in [0, 0.1) is 12.7 Å². The van der Waals surface area contributed by atoms with Crippen LogP contribution in [0.4, 0.5) is 4.39 Å². The summed E-state index contributed by atoms with van der Waals surface area (Å²) in [6, 6.07) is 4.25. The number of hydrogen-bond donors (Lipinski definition) is 0. The number of Topliss-reactive ketones (excluding diaryl/α,β-unsaturated/α-hetero) is 1. The maximum Gasteiger partial charge on any atom is 0.170 e. The molecule has 1 aromatic carbocycles. The molecule has 2 aromatic rings. The number of rotatable bonds is 3. The van der Waals surface area contributed by atoms with Gasteiger partial charge in [0.15, 0.2) is 5.78 Å². The van der Waals surface area contributed by atoms with Crippen molar-refractivity contribution in [3.05, 3.63) is 58.4 Å². The summed E-state index contributed by atoms with van der Waals surface area (Å²) < 4.78 is 13.4. The van der Waals surface area contributed by atoms with Crippen LogP contribution in [0.3, 0.4) is 0 Å². The number of benzene rings is 1. The Bertz CT molecular complexity index is 587. The van der Waals surface area contributed by atoms with Crippen molar-refractivity contribution >= 4 is 17.4 Å². The Kier molecular flexibility index (Phi) is 3.67. The lowest BCUT2D eigenvalue weighted by atomic mass is 10.0. The number of hydrogen-bond acceptors (Lipinski definition) is 3. The average molecular weight is 265 g/mol. The molecule has 5 heteroatoms. The number of carbonyl (C=O) groups excluding carboxylic acids is 1. The van der Waals surface area contributed by atoms with Crippen molar-refractivity contribution in [2.75, 3.05) is 0 Å². The van der Waals surface area contributed by atoms with Gasteiger partial charge in [0, 0.05) is 11.8 Å². The number of aryl methyl sites for hydroxylation is 1. The highest BCUT2D eigenvalue weighted by Gasteiger charge is 2.14. The third kappa shape index (κ3) is 2.71. The Morgan fingerprint density at radius 1 is 1.44 bits per heavy atom. The summed E-state index contributed by atoms with van der Waals surface area (Å²) in [4.78, 5) is 19.7. The number of ketones is 1. The van der Waals surface area contributed by atoms with E-state index in [0.29, 0.717) is 11.3 Å². The van der Waals surface area contributed by atoms with Crippen LogP contribution in [-0.4, -0.2) is 15.8 Å². The summed E-state index contributed by atoms with van der Waals surface area (Å²) in [6.45, 7) is 1.60. The van der Waals surface area contributed by atoms with Crippen molar-refractivity contribution in [3.8, 4) is 0 Å². The number of nitrogens with zero attached hydrogens (tertiary/aromatic N) is 2. The van der Waals surface area contributed by atoms with E-state index in [9.17, 15) is 9.18 Å². The van der Waals surface area contributed by atoms with Crippen LogP contribution in [0.15, 0.2) is 30.7 Å². The van der Waals surface area contributed by atoms with Crippen molar-refractivity contribution in [3.63, 3.8) is 0 Å². The van der Waals surface area contributed by atoms with Gasteiger partial charge in [0.25, 0.3) is 0 Å². The van der Waals surface area contributed by atoms with E-state index in [1.165, 1.54) is 18.5 Å². The van der Waals surface area contributed by atoms with Crippen LogP contribution in [0.2, 0.25) is 5.02 Å². The molecule has 0 spiro atoms. The molecule has 0 fully saturated rings. The molecule has 3 nitrogen and oxygen atoms in total. The predicted octanol–water partition coefficient (Wildman–Crippen LogP) is 3.00. The van der Waals surface area contributed by atoms with Crippen molar-refractivity contribution in [2.24, 2.45) is 0 Å². The lowest BCUT2D eigenvalue weighted by Crippen LogP contribution is -2.07. The molecule has 0 aliphatic rings. The van der Waals surface area contributed by atoms with E-state index in [1.807, 2.05) is 0 Å². The van der Waals surface area contributed by atoms with Gasteiger partial charge >= 0.3 is 0 Å². The zero-order chi connectivity index (χ0) is 13.1. The Morgan fingerprint density at radius 2 is 2.22 bits per heavy atom. The summed E-state index contributed by atoms with van der Waals surface area (Å²) in [6.07, 6.45) is 2.98. The molecule has 0 unspecified atom stereocenters. The molecule has 0 saturated heterocycles. The van der Waals surface area contributed by atoms with E-state index in [-0.39, 0.29) is 22.8 Å². The Hall–Kier alpha value is -1.81. The van der Waals surface area contributed by atoms with E-state index in [0.717, 1.165) is 0 Å². The lowest BCUT2D eigenvalue weighted by molar-refractivity contribution is 0.0991. The predicted molar refractivity (Wildman–Crippen MR) is 66.2 cm³/mol. The van der Waals surface area contributed by atoms with Crippen LogP contribution < -0.4 is 0 Å². The van der Waals surface area contributed by atoms with Gasteiger partial charge in [0.1, 0.15) is 12.1 Å². The van der Waals surface area contributed by atoms with Gasteiger partial charge in [-0.05, 0) is 30.7 Å². The molecule has 2 rings (SSSR count). The Morgan fingerprint density at radius 3 is 2.89 bits per heavy atom. The average Bonchev–Trinajstić information content (AvgIpc) is 2.35. The second kappa shape index (κ2) is 5.23. The van der Waals surface area contributed by atoms with E-state index >= 15 is 0 Å². The molecule has 0 aliphatic heterocycles. The zero-order valence-corrected chi connectivity index (χ0v) is 10.4. The van der Waals surface area contributed by atoms with Crippen LogP contribution in [0.5, 0.6) is 0 Å². The first-order valence-electron chi connectivity index (χ1n) is 5.31. The third-order valence-corrected chi connectivity index (χ3v) is 2.85. The molecule has 1 heterocycles. The topological polar surface area (TPSA) is 42.9 Å². The van der Waals surface area contributed by atoms with Gasteiger partial charge in [0.2, 0.25) is 0 Å². The van der Waals surface area contributed by atoms with Crippen molar-refractivity contribution in [1.82, 2.24) is 9.97 Å². The van der Waals surface area contributed by atoms with Gasteiger partial charge in [0.05, 0.1) is 17.1 Å². The fourth-order valence-corrected chi connectivity index (χ4v) is 1.87. The third-order valence-electron chi connectivity index (χ3n) is 2.53. The van der Waals surface area contributed by atoms with Gasteiger partial charge in [-0.2, -0.15) is 0 Å². The Balaban J connectivity index is 2.27. The van der Waals surface area contributed by atoms with Crippen molar-refractivity contribution in [1.29, 1.82) is 0 Å². The SMILES string of the molecule is Cc1cc(Cl)c(C(=O)Cc2ccncn2)cc1F. The Labute approximate surface area is 109 Å². The standard InChI is InChI=1S/C13H10ClFN2O/c1-8-4-11(14)10(6-12(8)15)13(18)5-9-2-3-16-7-17-9/h2-4,6-7H,5H2,1H3. The minimum atomic E-state index is -0.439. The van der Waals surface area contributed by atoms with E-state index in [2.05, 4.69) is 9.97 Å². The second-order valence-corrected chi connectivity index (χ2v) is 4.29. The van der Waals surface area contributed by atoms with Crippen molar-refractivity contribution < 1.29 is 9.18 Å². The molecule has 0 saturated carbocycles. The summed E-state index contributed by atoms with van der Waals surface area (Å²) in [5.74, 6) is -0.706. The maximum atomic E-state index is 13.4. The molecule has 0 radical (unpaired) electrons. The normalized spacial score (nSPS) is 10.4. The number of carbonyl (C=O) groups is 1. The minimum Gasteiger partial charge on any atom is -0.294 e. The van der Waals surface area contributed by atoms with Crippen LogP contribution in [-0.2, 0) is 6.42 Å². The molecule has 1 aromatic heterocycles. The molecular weight excluding hydrogens is 255 g/mol. The van der Waals surface area contributed by atoms with Crippen LogP contribution in [0.1, 0.15) is 21.6 Å². The molecule has 0 aliphatic carbocycles. The smallest absolute Gasteiger partial charge is 0.170 e. The summed E-state index contributed by atoms with van der Waals surface area (Å²) in [5, 5.41) is 0.257. The van der Waals surface area contributed by atoms with Crippen molar-refractivity contribution in [2.45, 2.75) is 13.3 Å². The second-order valence-electron chi connectivity index (χ2n) is 3.88. The fraction of sp³-hybridized carbons (Fsp3) is 0.154. The highest BCUT2D eigenvalue weighted by atomic mass is 35.5. The molecule has 18 heavy (non-hydrogen) atoms. The molecule has 0 bridgehead atoms. The molecular formula is C13H10ClFN2O. The fourth-order valence-electron chi connectivity index (χ4n) is 1.54. The number of halogens is 2. The molecule has 92 valence electrons. The van der Waals surface area contributed by atoms with Gasteiger partial charge in [-0.25, -0.2) is 14.4 Å². The summed E-state index contributed by atoms with van der Waals surface area (Å²) in [5.41, 5.74) is 1.17. The lowest BCUT2D eigenvalue weighted by Gasteiger charge is -2.05. The first-order valence-corrected chi connectivity index (χ1v) is 5.69. The van der Waals surface area contributed by atoms with Gasteiger partial charge in [-0.15, -0.1) is 0 Å². The zero-order valence-electron chi connectivity index (χ0n) is 9.65. The highest BCUT2D eigenvalue weighted by molar-refractivity contribution is 6.34. The largest absolute Gasteiger partial charge is 0.294 e.